The molecule has 0 radical (unpaired) electrons. The molecular formula is C13H16N4OS. The number of nitrogens with zero attached hydrogens (tertiary/aromatic N) is 2. The number of aromatic amines is 1. The van der Waals surface area contributed by atoms with Crippen molar-refractivity contribution in [3.05, 3.63) is 30.0 Å². The Morgan fingerprint density at radius 3 is 2.68 bits per heavy atom. The number of thioether (sulfide) groups is 1. The zero-order valence-corrected chi connectivity index (χ0v) is 11.5. The maximum absolute atomic E-state index is 11.2. The minimum atomic E-state index is -0.579. The number of aromatic nitrogens is 3. The molecule has 100 valence electrons. The van der Waals surface area contributed by atoms with Gasteiger partial charge in [-0.15, -0.1) is 11.8 Å². The maximum atomic E-state index is 11.2. The zero-order valence-electron chi connectivity index (χ0n) is 10.7. The second kappa shape index (κ2) is 6.38. The number of hydrogen-bond acceptors (Lipinski definition) is 4. The standard InChI is InChI=1S/C13H16N4OS/c1-2-3-8-19-10-6-4-9(5-7-10)11-12(13(14)18)16-17-15-11/h4-7H,2-3,8H2,1H3,(H2,14,18)(H,15,16,17). The Balaban J connectivity index is 2.13. The van der Waals surface area contributed by atoms with Crippen LogP contribution < -0.4 is 5.73 Å². The molecule has 1 aromatic carbocycles. The number of rotatable bonds is 6. The molecule has 3 N–H and O–H groups in total. The number of amides is 1. The molecule has 2 rings (SSSR count). The molecule has 0 bridgehead atoms. The number of nitrogens with two attached hydrogens (primary N) is 1. The van der Waals surface area contributed by atoms with Crippen molar-refractivity contribution < 1.29 is 4.79 Å². The van der Waals surface area contributed by atoms with Crippen molar-refractivity contribution in [2.24, 2.45) is 5.73 Å². The van der Waals surface area contributed by atoms with Gasteiger partial charge in [0.05, 0.1) is 0 Å². The number of primary amides is 1. The lowest BCUT2D eigenvalue weighted by Crippen LogP contribution is -2.12. The van der Waals surface area contributed by atoms with E-state index in [1.54, 1.807) is 0 Å². The number of carbonyl (C=O) groups is 1. The summed E-state index contributed by atoms with van der Waals surface area (Å²) in [4.78, 5) is 12.4. The highest BCUT2D eigenvalue weighted by Gasteiger charge is 2.14. The molecule has 2 aromatic rings. The van der Waals surface area contributed by atoms with Crippen LogP contribution in [-0.4, -0.2) is 27.1 Å². The van der Waals surface area contributed by atoms with Gasteiger partial charge in [-0.2, -0.15) is 15.4 Å². The van der Waals surface area contributed by atoms with E-state index < -0.39 is 5.91 Å². The van der Waals surface area contributed by atoms with Gasteiger partial charge in [0.25, 0.3) is 5.91 Å². The van der Waals surface area contributed by atoms with Gasteiger partial charge >= 0.3 is 0 Å². The van der Waals surface area contributed by atoms with Crippen LogP contribution in [0.5, 0.6) is 0 Å². The zero-order chi connectivity index (χ0) is 13.7. The van der Waals surface area contributed by atoms with E-state index >= 15 is 0 Å². The summed E-state index contributed by atoms with van der Waals surface area (Å²) in [5, 5.41) is 10.2. The van der Waals surface area contributed by atoms with Gasteiger partial charge in [0, 0.05) is 10.5 Å². The van der Waals surface area contributed by atoms with Crippen LogP contribution in [0.2, 0.25) is 0 Å². The smallest absolute Gasteiger partial charge is 0.271 e. The summed E-state index contributed by atoms with van der Waals surface area (Å²) >= 11 is 1.83. The van der Waals surface area contributed by atoms with E-state index in [-0.39, 0.29) is 5.69 Å². The summed E-state index contributed by atoms with van der Waals surface area (Å²) in [5.41, 5.74) is 6.75. The van der Waals surface area contributed by atoms with E-state index in [1.807, 2.05) is 36.0 Å². The Kier molecular flexibility index (Phi) is 4.57. The Labute approximate surface area is 116 Å². The van der Waals surface area contributed by atoms with Crippen molar-refractivity contribution in [3.8, 4) is 11.3 Å². The van der Waals surface area contributed by atoms with E-state index in [4.69, 9.17) is 5.73 Å². The third-order valence-corrected chi connectivity index (χ3v) is 3.77. The average molecular weight is 276 g/mol. The van der Waals surface area contributed by atoms with E-state index in [0.717, 1.165) is 11.3 Å². The predicted octanol–water partition coefficient (Wildman–Crippen LogP) is 2.46. The number of carbonyl (C=O) groups excluding carboxylic acids is 1. The number of H-pyrrole nitrogens is 1. The van der Waals surface area contributed by atoms with Crippen molar-refractivity contribution in [2.75, 3.05) is 5.75 Å². The molecule has 0 aliphatic carbocycles. The molecule has 19 heavy (non-hydrogen) atoms. The second-order valence-corrected chi connectivity index (χ2v) is 5.28. The topological polar surface area (TPSA) is 84.7 Å². The third kappa shape index (κ3) is 3.35. The van der Waals surface area contributed by atoms with E-state index in [2.05, 4.69) is 22.3 Å². The molecule has 0 fully saturated rings. The number of unbranched alkanes of at least 4 members (excludes halogenated alkanes) is 1. The van der Waals surface area contributed by atoms with Crippen LogP contribution in [-0.2, 0) is 0 Å². The summed E-state index contributed by atoms with van der Waals surface area (Å²) in [5.74, 6) is 0.539. The monoisotopic (exact) mass is 276 g/mol. The van der Waals surface area contributed by atoms with Crippen LogP contribution >= 0.6 is 11.8 Å². The molecule has 6 heteroatoms. The molecule has 0 unspecified atom stereocenters. The summed E-state index contributed by atoms with van der Waals surface area (Å²) < 4.78 is 0. The summed E-state index contributed by atoms with van der Waals surface area (Å²) in [6, 6.07) is 7.90. The molecule has 0 saturated heterocycles. The van der Waals surface area contributed by atoms with Crippen LogP contribution in [0.3, 0.4) is 0 Å². The van der Waals surface area contributed by atoms with Crippen LogP contribution in [0, 0.1) is 0 Å². The first-order valence-electron chi connectivity index (χ1n) is 6.16. The molecule has 0 aliphatic heterocycles. The normalized spacial score (nSPS) is 10.6. The fraction of sp³-hybridized carbons (Fsp3) is 0.308. The summed E-state index contributed by atoms with van der Waals surface area (Å²) in [6.45, 7) is 2.18. The summed E-state index contributed by atoms with van der Waals surface area (Å²) in [7, 11) is 0. The van der Waals surface area contributed by atoms with E-state index in [0.29, 0.717) is 5.69 Å². The molecule has 0 atom stereocenters. The molecule has 0 spiro atoms. The van der Waals surface area contributed by atoms with Crippen molar-refractivity contribution in [1.29, 1.82) is 0 Å². The van der Waals surface area contributed by atoms with Gasteiger partial charge in [-0.05, 0) is 24.3 Å². The first kappa shape index (κ1) is 13.6. The van der Waals surface area contributed by atoms with Crippen molar-refractivity contribution in [3.63, 3.8) is 0 Å². The van der Waals surface area contributed by atoms with Crippen LogP contribution in [0.1, 0.15) is 30.3 Å². The van der Waals surface area contributed by atoms with E-state index in [1.165, 1.54) is 17.7 Å². The van der Waals surface area contributed by atoms with Gasteiger partial charge in [-0.1, -0.05) is 25.5 Å². The molecule has 1 heterocycles. The quantitative estimate of drug-likeness (QED) is 0.627. The largest absolute Gasteiger partial charge is 0.364 e. The number of benzene rings is 1. The van der Waals surface area contributed by atoms with Gasteiger partial charge < -0.3 is 5.73 Å². The Hall–Kier alpha value is -1.82. The SMILES string of the molecule is CCCCSc1ccc(-c2n[nH]nc2C(N)=O)cc1. The molecule has 1 amide bonds. The lowest BCUT2D eigenvalue weighted by molar-refractivity contribution is 0.0996. The van der Waals surface area contributed by atoms with Crippen molar-refractivity contribution in [2.45, 2.75) is 24.7 Å². The number of hydrogen-bond donors (Lipinski definition) is 2. The van der Waals surface area contributed by atoms with Crippen LogP contribution in [0.4, 0.5) is 0 Å². The highest BCUT2D eigenvalue weighted by Crippen LogP contribution is 2.24. The Morgan fingerprint density at radius 2 is 2.05 bits per heavy atom. The van der Waals surface area contributed by atoms with Gasteiger partial charge in [0.15, 0.2) is 5.69 Å². The lowest BCUT2D eigenvalue weighted by Gasteiger charge is -2.02. The van der Waals surface area contributed by atoms with Crippen molar-refractivity contribution in [1.82, 2.24) is 15.4 Å². The highest BCUT2D eigenvalue weighted by molar-refractivity contribution is 7.99. The van der Waals surface area contributed by atoms with Crippen LogP contribution in [0.25, 0.3) is 11.3 Å². The molecule has 1 aromatic heterocycles. The average Bonchev–Trinajstić information content (AvgIpc) is 2.89. The van der Waals surface area contributed by atoms with Gasteiger partial charge in [-0.3, -0.25) is 4.79 Å². The Morgan fingerprint density at radius 1 is 1.32 bits per heavy atom. The van der Waals surface area contributed by atoms with Gasteiger partial charge in [0.2, 0.25) is 0 Å². The van der Waals surface area contributed by atoms with Gasteiger partial charge in [0.1, 0.15) is 5.69 Å². The lowest BCUT2D eigenvalue weighted by atomic mass is 10.1. The summed E-state index contributed by atoms with van der Waals surface area (Å²) in [6.07, 6.45) is 2.41. The highest BCUT2D eigenvalue weighted by atomic mass is 32.2. The molecule has 0 aliphatic rings. The van der Waals surface area contributed by atoms with Crippen molar-refractivity contribution >= 4 is 17.7 Å². The fourth-order valence-electron chi connectivity index (χ4n) is 1.65. The fourth-order valence-corrected chi connectivity index (χ4v) is 2.64. The number of nitrogens with one attached hydrogen (secondary N) is 1. The van der Waals surface area contributed by atoms with Crippen LogP contribution in [0.15, 0.2) is 29.2 Å². The molecule has 5 nitrogen and oxygen atoms in total. The first-order chi connectivity index (χ1) is 9.22. The van der Waals surface area contributed by atoms with E-state index in [9.17, 15) is 4.79 Å². The van der Waals surface area contributed by atoms with Gasteiger partial charge in [-0.25, -0.2) is 0 Å². The predicted molar refractivity (Wildman–Crippen MR) is 76.0 cm³/mol. The first-order valence-corrected chi connectivity index (χ1v) is 7.14. The second-order valence-electron chi connectivity index (χ2n) is 4.11. The Bertz CT molecular complexity index is 550. The minimum Gasteiger partial charge on any atom is -0.364 e. The molecular weight excluding hydrogens is 260 g/mol. The third-order valence-electron chi connectivity index (χ3n) is 2.68. The maximum Gasteiger partial charge on any atom is 0.271 e. The minimum absolute atomic E-state index is 0.173. The molecule has 0 saturated carbocycles.